The molecule has 1 aromatic rings. The summed E-state index contributed by atoms with van der Waals surface area (Å²) in [6.45, 7) is 3.85. The molecule has 2 unspecified atom stereocenters. The van der Waals surface area contributed by atoms with E-state index in [4.69, 9.17) is 9.47 Å². The van der Waals surface area contributed by atoms with Gasteiger partial charge in [-0.3, -0.25) is 4.79 Å². The van der Waals surface area contributed by atoms with E-state index in [9.17, 15) is 14.7 Å². The van der Waals surface area contributed by atoms with Gasteiger partial charge in [0.15, 0.2) is 6.10 Å². The third-order valence-corrected chi connectivity index (χ3v) is 4.23. The highest BCUT2D eigenvalue weighted by Gasteiger charge is 2.35. The van der Waals surface area contributed by atoms with Gasteiger partial charge in [0.05, 0.1) is 19.3 Å². The summed E-state index contributed by atoms with van der Waals surface area (Å²) >= 11 is 0. The molecule has 1 N–H and O–H groups in total. The number of aldehydes is 1. The minimum Gasteiger partial charge on any atom is -0.390 e. The van der Waals surface area contributed by atoms with Gasteiger partial charge in [-0.1, -0.05) is 13.0 Å². The number of nitrogens with zero attached hydrogens (tertiary/aromatic N) is 2. The van der Waals surface area contributed by atoms with Crippen LogP contribution in [0.4, 0.5) is 11.4 Å². The number of hydrogen-bond donors (Lipinski definition) is 1. The van der Waals surface area contributed by atoms with Crippen molar-refractivity contribution in [1.82, 2.24) is 0 Å². The van der Waals surface area contributed by atoms with Crippen LogP contribution in [0.1, 0.15) is 13.3 Å². The first kappa shape index (κ1) is 19.4. The molecule has 2 atom stereocenters. The van der Waals surface area contributed by atoms with Crippen molar-refractivity contribution in [2.24, 2.45) is 0 Å². The van der Waals surface area contributed by atoms with E-state index in [1.165, 1.54) is 0 Å². The van der Waals surface area contributed by atoms with Crippen LogP contribution in [-0.4, -0.2) is 69.5 Å². The summed E-state index contributed by atoms with van der Waals surface area (Å²) in [6, 6.07) is 7.64. The van der Waals surface area contributed by atoms with E-state index in [2.05, 4.69) is 0 Å². The number of aliphatic hydroxyl groups is 1. The molecule has 1 fully saturated rings. The molecule has 0 radical (unpaired) electrons. The quantitative estimate of drug-likeness (QED) is 0.525. The lowest BCUT2D eigenvalue weighted by molar-refractivity contribution is -0.142. The van der Waals surface area contributed by atoms with Gasteiger partial charge < -0.3 is 29.2 Å². The molecule has 0 saturated carbocycles. The zero-order valence-corrected chi connectivity index (χ0v) is 14.8. The summed E-state index contributed by atoms with van der Waals surface area (Å²) in [5.74, 6) is -0.213. The lowest BCUT2D eigenvalue weighted by Crippen LogP contribution is -2.52. The maximum Gasteiger partial charge on any atom is 0.258 e. The minimum absolute atomic E-state index is 0.0945. The monoisotopic (exact) mass is 350 g/mol. The third-order valence-electron chi connectivity index (χ3n) is 4.23. The van der Waals surface area contributed by atoms with Crippen molar-refractivity contribution >= 4 is 23.6 Å². The molecule has 1 aromatic carbocycles. The number of carbonyl (C=O) groups is 2. The van der Waals surface area contributed by atoms with Gasteiger partial charge in [-0.15, -0.1) is 0 Å². The van der Waals surface area contributed by atoms with E-state index in [-0.39, 0.29) is 12.5 Å². The van der Waals surface area contributed by atoms with Crippen LogP contribution in [0, 0.1) is 0 Å². The predicted molar refractivity (Wildman–Crippen MR) is 95.0 cm³/mol. The van der Waals surface area contributed by atoms with Crippen LogP contribution in [-0.2, 0) is 19.1 Å². The molecule has 7 heteroatoms. The molecule has 1 saturated heterocycles. The molecule has 1 amide bonds. The Hall–Kier alpha value is -1.96. The van der Waals surface area contributed by atoms with Gasteiger partial charge in [0, 0.05) is 31.5 Å². The standard InChI is InChI=1S/C18H26N2O5/c1-3-16(22)17-18(23)20(8-11-25-17)15-6-4-5-14(13-15)19(2)7-10-24-12-9-21/h4-6,9,13,16-17,22H,3,7-8,10-12H2,1-2H3. The average Bonchev–Trinajstić information content (AvgIpc) is 2.64. The summed E-state index contributed by atoms with van der Waals surface area (Å²) in [6.07, 6.45) is -0.410. The van der Waals surface area contributed by atoms with E-state index < -0.39 is 12.2 Å². The van der Waals surface area contributed by atoms with E-state index >= 15 is 0 Å². The van der Waals surface area contributed by atoms with Gasteiger partial charge in [-0.25, -0.2) is 0 Å². The van der Waals surface area contributed by atoms with E-state index in [1.807, 2.05) is 43.1 Å². The lowest BCUT2D eigenvalue weighted by Gasteiger charge is -2.34. The molecule has 0 aliphatic carbocycles. The SMILES string of the molecule is CCC(O)C1OCCN(c2cccc(N(C)CCOCC=O)c2)C1=O. The number of likely N-dealkylation sites (N-methyl/N-ethyl adjacent to an activating group) is 1. The Kier molecular flexibility index (Phi) is 7.36. The number of aliphatic hydroxyl groups excluding tert-OH is 1. The van der Waals surface area contributed by atoms with Crippen molar-refractivity contribution in [1.29, 1.82) is 0 Å². The fourth-order valence-electron chi connectivity index (χ4n) is 2.71. The molecular formula is C18H26N2O5. The van der Waals surface area contributed by atoms with Crippen molar-refractivity contribution in [2.75, 3.05) is 49.8 Å². The Labute approximate surface area is 148 Å². The van der Waals surface area contributed by atoms with Gasteiger partial charge in [0.1, 0.15) is 12.9 Å². The first-order chi connectivity index (χ1) is 12.1. The number of hydrogen-bond acceptors (Lipinski definition) is 6. The third kappa shape index (κ3) is 5.01. The highest BCUT2D eigenvalue weighted by atomic mass is 16.5. The normalized spacial score (nSPS) is 18.9. The number of morpholine rings is 1. The molecule has 1 heterocycles. The zero-order valence-electron chi connectivity index (χ0n) is 14.8. The number of anilines is 2. The van der Waals surface area contributed by atoms with Crippen LogP contribution < -0.4 is 9.80 Å². The summed E-state index contributed by atoms with van der Waals surface area (Å²) in [7, 11) is 1.92. The Morgan fingerprint density at radius 1 is 1.52 bits per heavy atom. The van der Waals surface area contributed by atoms with Crippen molar-refractivity contribution in [3.63, 3.8) is 0 Å². The smallest absolute Gasteiger partial charge is 0.258 e. The Balaban J connectivity index is 2.06. The number of rotatable bonds is 9. The second kappa shape index (κ2) is 9.50. The number of carbonyl (C=O) groups excluding carboxylic acids is 2. The van der Waals surface area contributed by atoms with Gasteiger partial charge in [0.2, 0.25) is 0 Å². The van der Waals surface area contributed by atoms with Crippen molar-refractivity contribution in [3.8, 4) is 0 Å². The molecule has 138 valence electrons. The highest BCUT2D eigenvalue weighted by molar-refractivity contribution is 5.98. The zero-order chi connectivity index (χ0) is 18.2. The fourth-order valence-corrected chi connectivity index (χ4v) is 2.71. The largest absolute Gasteiger partial charge is 0.390 e. The Morgan fingerprint density at radius 3 is 3.04 bits per heavy atom. The molecule has 1 aliphatic rings. The Bertz CT molecular complexity index is 580. The molecule has 25 heavy (non-hydrogen) atoms. The van der Waals surface area contributed by atoms with Crippen LogP contribution in [0.5, 0.6) is 0 Å². The van der Waals surface area contributed by atoms with Crippen LogP contribution in [0.2, 0.25) is 0 Å². The van der Waals surface area contributed by atoms with Crippen LogP contribution in [0.3, 0.4) is 0 Å². The molecule has 1 aliphatic heterocycles. The summed E-state index contributed by atoms with van der Waals surface area (Å²) in [4.78, 5) is 26.5. The summed E-state index contributed by atoms with van der Waals surface area (Å²) < 4.78 is 10.6. The van der Waals surface area contributed by atoms with Gasteiger partial charge in [-0.05, 0) is 24.6 Å². The Morgan fingerprint density at radius 2 is 2.32 bits per heavy atom. The van der Waals surface area contributed by atoms with Crippen LogP contribution in [0.15, 0.2) is 24.3 Å². The maximum atomic E-state index is 12.6. The van der Waals surface area contributed by atoms with Gasteiger partial charge in [-0.2, -0.15) is 0 Å². The second-order valence-corrected chi connectivity index (χ2v) is 5.94. The van der Waals surface area contributed by atoms with E-state index in [1.54, 1.807) is 4.90 Å². The number of amides is 1. The van der Waals surface area contributed by atoms with Gasteiger partial charge in [0.25, 0.3) is 5.91 Å². The van der Waals surface area contributed by atoms with E-state index in [0.717, 1.165) is 17.7 Å². The summed E-state index contributed by atoms with van der Waals surface area (Å²) in [5.41, 5.74) is 1.72. The lowest BCUT2D eigenvalue weighted by atomic mass is 10.1. The summed E-state index contributed by atoms with van der Waals surface area (Å²) in [5, 5.41) is 9.98. The maximum absolute atomic E-state index is 12.6. The predicted octanol–water partition coefficient (Wildman–Crippen LogP) is 0.841. The number of benzene rings is 1. The highest BCUT2D eigenvalue weighted by Crippen LogP contribution is 2.25. The topological polar surface area (TPSA) is 79.3 Å². The average molecular weight is 350 g/mol. The van der Waals surface area contributed by atoms with Gasteiger partial charge >= 0.3 is 0 Å². The van der Waals surface area contributed by atoms with Crippen molar-refractivity contribution in [3.05, 3.63) is 24.3 Å². The molecule has 2 rings (SSSR count). The van der Waals surface area contributed by atoms with Crippen molar-refractivity contribution in [2.45, 2.75) is 25.6 Å². The van der Waals surface area contributed by atoms with Crippen molar-refractivity contribution < 1.29 is 24.2 Å². The molecule has 0 spiro atoms. The molecule has 0 aromatic heterocycles. The molecular weight excluding hydrogens is 324 g/mol. The second-order valence-electron chi connectivity index (χ2n) is 5.94. The van der Waals surface area contributed by atoms with E-state index in [0.29, 0.717) is 32.7 Å². The number of ether oxygens (including phenoxy) is 2. The first-order valence-corrected chi connectivity index (χ1v) is 8.52. The first-order valence-electron chi connectivity index (χ1n) is 8.52. The van der Waals surface area contributed by atoms with Crippen LogP contribution in [0.25, 0.3) is 0 Å². The minimum atomic E-state index is -0.808. The fraction of sp³-hybridized carbons (Fsp3) is 0.556. The molecule has 7 nitrogen and oxygen atoms in total. The molecule has 0 bridgehead atoms. The van der Waals surface area contributed by atoms with Crippen LogP contribution >= 0.6 is 0 Å².